The molecule has 7 atom stereocenters. The molecule has 0 aromatic heterocycles. The number of amides is 7. The van der Waals surface area contributed by atoms with Crippen LogP contribution < -0.4 is 60.6 Å². The van der Waals surface area contributed by atoms with E-state index in [-0.39, 0.29) is 63.0 Å². The second-order valence-electron chi connectivity index (χ2n) is 14.6. The lowest BCUT2D eigenvalue weighted by molar-refractivity contribution is -0.143. The van der Waals surface area contributed by atoms with Gasteiger partial charge < -0.3 is 75.9 Å². The van der Waals surface area contributed by atoms with Crippen LogP contribution in [0.1, 0.15) is 85.5 Å². The zero-order chi connectivity index (χ0) is 45.4. The number of aliphatic hydroxyl groups is 1. The Kier molecular flexibility index (Phi) is 25.3. The van der Waals surface area contributed by atoms with Gasteiger partial charge in [0.25, 0.3) is 0 Å². The molecule has 336 valence electrons. The summed E-state index contributed by atoms with van der Waals surface area (Å²) in [6.45, 7) is 6.28. The van der Waals surface area contributed by atoms with Crippen LogP contribution in [0.15, 0.2) is 4.99 Å². The minimum atomic E-state index is -1.73. The van der Waals surface area contributed by atoms with Crippen molar-refractivity contribution in [2.75, 3.05) is 19.7 Å². The minimum absolute atomic E-state index is 0.0193. The molecule has 19 N–H and O–H groups in total. The van der Waals surface area contributed by atoms with Crippen LogP contribution in [0, 0.1) is 11.8 Å². The molecule has 0 fully saturated rings. The lowest BCUT2D eigenvalue weighted by Gasteiger charge is -2.28. The highest BCUT2D eigenvalue weighted by Crippen LogP contribution is 2.11. The minimum Gasteiger partial charge on any atom is -0.481 e. The van der Waals surface area contributed by atoms with E-state index in [1.165, 1.54) is 0 Å². The van der Waals surface area contributed by atoms with Crippen molar-refractivity contribution in [1.82, 2.24) is 31.9 Å². The number of rotatable bonds is 30. The van der Waals surface area contributed by atoms with Crippen LogP contribution in [0.5, 0.6) is 0 Å². The van der Waals surface area contributed by atoms with Gasteiger partial charge in [-0.05, 0) is 63.3 Å². The number of carbonyl (C=O) groups excluding carboxylic acids is 7. The van der Waals surface area contributed by atoms with E-state index in [0.717, 1.165) is 0 Å². The summed E-state index contributed by atoms with van der Waals surface area (Å²) in [4.78, 5) is 119. The molecule has 0 aliphatic heterocycles. The third-order valence-corrected chi connectivity index (χ3v) is 8.63. The van der Waals surface area contributed by atoms with Gasteiger partial charge in [0.1, 0.15) is 36.3 Å². The molecule has 24 nitrogen and oxygen atoms in total. The van der Waals surface area contributed by atoms with Gasteiger partial charge in [0.15, 0.2) is 5.96 Å². The van der Waals surface area contributed by atoms with Crippen LogP contribution in [-0.4, -0.2) is 137 Å². The monoisotopic (exact) mass is 844 g/mol. The van der Waals surface area contributed by atoms with Crippen LogP contribution in [-0.2, 0) is 43.2 Å². The summed E-state index contributed by atoms with van der Waals surface area (Å²) in [7, 11) is 0. The van der Waals surface area contributed by atoms with E-state index < -0.39 is 121 Å². The Bertz CT molecular complexity index is 1470. The van der Waals surface area contributed by atoms with Crippen LogP contribution in [0.4, 0.5) is 0 Å². The molecule has 7 amide bonds. The topological polar surface area (TPSA) is 429 Å². The maximum absolute atomic E-state index is 13.9. The molecule has 0 saturated carbocycles. The first-order valence-electron chi connectivity index (χ1n) is 19.2. The molecule has 0 radical (unpaired) electrons. The predicted molar refractivity (Wildman–Crippen MR) is 212 cm³/mol. The van der Waals surface area contributed by atoms with Gasteiger partial charge in [0, 0.05) is 13.0 Å². The number of aliphatic carboxylic acids is 2. The summed E-state index contributed by atoms with van der Waals surface area (Å²) in [5.41, 5.74) is 27.6. The Labute approximate surface area is 342 Å². The van der Waals surface area contributed by atoms with Gasteiger partial charge in [-0.3, -0.25) is 43.3 Å². The van der Waals surface area contributed by atoms with Gasteiger partial charge in [-0.2, -0.15) is 0 Å². The lowest BCUT2D eigenvalue weighted by atomic mass is 10.0. The van der Waals surface area contributed by atoms with E-state index in [9.17, 15) is 53.4 Å². The Hall–Kier alpha value is -5.62. The Balaban J connectivity index is 6.46. The van der Waals surface area contributed by atoms with Crippen molar-refractivity contribution in [2.24, 2.45) is 45.5 Å². The fourth-order valence-electron chi connectivity index (χ4n) is 5.30. The molecular weight excluding hydrogens is 780 g/mol. The third-order valence-electron chi connectivity index (χ3n) is 8.63. The normalized spacial score (nSPS) is 14.6. The number of hydrogen-bond acceptors (Lipinski definition) is 13. The molecule has 0 rings (SSSR count). The second kappa shape index (κ2) is 27.9. The van der Waals surface area contributed by atoms with Gasteiger partial charge >= 0.3 is 11.9 Å². The Morgan fingerprint density at radius 3 is 1.51 bits per heavy atom. The lowest BCUT2D eigenvalue weighted by Crippen LogP contribution is -2.60. The van der Waals surface area contributed by atoms with Crippen molar-refractivity contribution in [1.29, 1.82) is 0 Å². The summed E-state index contributed by atoms with van der Waals surface area (Å²) in [6.07, 6.45) is -1.18. The number of unbranched alkanes of at least 4 members (excludes halogenated alkanes) is 1. The van der Waals surface area contributed by atoms with E-state index in [1.807, 2.05) is 0 Å². The zero-order valence-corrected chi connectivity index (χ0v) is 34.0. The maximum atomic E-state index is 13.9. The number of guanidine groups is 1. The van der Waals surface area contributed by atoms with Crippen molar-refractivity contribution in [3.05, 3.63) is 0 Å². The summed E-state index contributed by atoms with van der Waals surface area (Å²) < 4.78 is 0. The number of carboxylic acids is 2. The van der Waals surface area contributed by atoms with Gasteiger partial charge in [0.2, 0.25) is 41.4 Å². The molecule has 0 spiro atoms. The van der Waals surface area contributed by atoms with E-state index >= 15 is 0 Å². The molecule has 0 aliphatic rings. The van der Waals surface area contributed by atoms with Crippen LogP contribution >= 0.6 is 0 Å². The number of nitrogens with zero attached hydrogens (tertiary/aromatic N) is 1. The van der Waals surface area contributed by atoms with E-state index in [0.29, 0.717) is 6.42 Å². The molecule has 0 aromatic rings. The van der Waals surface area contributed by atoms with Crippen molar-refractivity contribution in [3.8, 4) is 0 Å². The highest BCUT2D eigenvalue weighted by Gasteiger charge is 2.34. The first kappa shape index (κ1) is 53.4. The largest absolute Gasteiger partial charge is 0.481 e. The average molecular weight is 845 g/mol. The smallest absolute Gasteiger partial charge is 0.326 e. The molecule has 0 aromatic carbocycles. The SMILES string of the molecule is CC(C)C[C@H](NC(=O)[C@H](CCCN=C(N)N)NC(=O)[C@H](CO)NC(=O)[C@@H](N)C(C)C)C(=O)N[C@@H](CCCCN)C(=O)N[C@@H](CC(N)=O)C(=O)N[C@@H](CCC(=O)O)C(=O)O. The number of carboxylic acid groups (broad SMARTS) is 2. The highest BCUT2D eigenvalue weighted by atomic mass is 16.4. The predicted octanol–water partition coefficient (Wildman–Crippen LogP) is -5.08. The quantitative estimate of drug-likeness (QED) is 0.0183. The highest BCUT2D eigenvalue weighted by molar-refractivity contribution is 5.98. The summed E-state index contributed by atoms with van der Waals surface area (Å²) in [5.74, 6) is -10.2. The maximum Gasteiger partial charge on any atom is 0.326 e. The molecule has 0 bridgehead atoms. The number of nitrogens with two attached hydrogens (primary N) is 5. The van der Waals surface area contributed by atoms with E-state index in [2.05, 4.69) is 36.9 Å². The van der Waals surface area contributed by atoms with Gasteiger partial charge in [0.05, 0.1) is 19.1 Å². The fourth-order valence-corrected chi connectivity index (χ4v) is 5.30. The third kappa shape index (κ3) is 22.2. The molecule has 0 aliphatic carbocycles. The fraction of sp³-hybridized carbons (Fsp3) is 0.714. The number of hydrogen-bond donors (Lipinski definition) is 14. The number of aliphatic imine (C=N–C) groups is 1. The molecule has 59 heavy (non-hydrogen) atoms. The standard InChI is InChI=1S/C35H64N12O12/c1-17(2)14-22(45-29(53)20(9-7-13-41-35(39)40)43-32(56)24(16-48)47-33(57)27(38)18(3)4)30(54)42-19(8-5-6-12-36)28(52)46-23(15-25(37)49)31(55)44-21(34(58)59)10-11-26(50)51/h17-24,27,48H,5-16,36,38H2,1-4H3,(H2,37,49)(H,42,54)(H,43,56)(H,44,55)(H,45,53)(H,46,52)(H,47,57)(H,50,51)(H,58,59)(H4,39,40,41)/t19-,20-,21-,22-,23-,24-,27-/m0/s1. The molecule has 0 saturated heterocycles. The first-order chi connectivity index (χ1) is 27.5. The van der Waals surface area contributed by atoms with Crippen molar-refractivity contribution >= 4 is 59.2 Å². The van der Waals surface area contributed by atoms with Crippen LogP contribution in [0.25, 0.3) is 0 Å². The summed E-state index contributed by atoms with van der Waals surface area (Å²) >= 11 is 0. The summed E-state index contributed by atoms with van der Waals surface area (Å²) in [6, 6.07) is -10.00. The number of aliphatic hydroxyl groups excluding tert-OH is 1. The van der Waals surface area contributed by atoms with Crippen molar-refractivity contribution < 1.29 is 58.5 Å². The molecule has 24 heteroatoms. The summed E-state index contributed by atoms with van der Waals surface area (Å²) in [5, 5.41) is 42.7. The zero-order valence-electron chi connectivity index (χ0n) is 34.0. The van der Waals surface area contributed by atoms with Gasteiger partial charge in [-0.1, -0.05) is 27.7 Å². The van der Waals surface area contributed by atoms with Crippen LogP contribution in [0.2, 0.25) is 0 Å². The first-order valence-corrected chi connectivity index (χ1v) is 19.2. The van der Waals surface area contributed by atoms with Crippen LogP contribution in [0.3, 0.4) is 0 Å². The van der Waals surface area contributed by atoms with Gasteiger partial charge in [-0.15, -0.1) is 0 Å². The van der Waals surface area contributed by atoms with E-state index in [4.69, 9.17) is 33.8 Å². The average Bonchev–Trinajstić information content (AvgIpc) is 3.14. The molecule has 0 heterocycles. The molecule has 0 unspecified atom stereocenters. The number of carbonyl (C=O) groups is 9. The number of primary amides is 1. The van der Waals surface area contributed by atoms with Crippen molar-refractivity contribution in [2.45, 2.75) is 128 Å². The Morgan fingerprint density at radius 1 is 0.593 bits per heavy atom. The van der Waals surface area contributed by atoms with E-state index in [1.54, 1.807) is 27.7 Å². The molecular formula is C35H64N12O12. The Morgan fingerprint density at radius 2 is 1.05 bits per heavy atom. The van der Waals surface area contributed by atoms with Crippen molar-refractivity contribution in [3.63, 3.8) is 0 Å². The van der Waals surface area contributed by atoms with Gasteiger partial charge in [-0.25, -0.2) is 4.79 Å². The number of nitrogens with one attached hydrogen (secondary N) is 6. The second-order valence-corrected chi connectivity index (χ2v) is 14.6.